The van der Waals surface area contributed by atoms with Gasteiger partial charge in [0, 0.05) is 17.4 Å². The summed E-state index contributed by atoms with van der Waals surface area (Å²) in [7, 11) is 0. The van der Waals surface area contributed by atoms with Gasteiger partial charge in [0.2, 0.25) is 5.95 Å². The number of rotatable bonds is 1. The molecule has 0 saturated heterocycles. The van der Waals surface area contributed by atoms with Gasteiger partial charge < -0.3 is 10.7 Å². The van der Waals surface area contributed by atoms with Crippen LogP contribution in [-0.2, 0) is 6.42 Å². The maximum Gasteiger partial charge on any atom is 0.212 e. The third-order valence-corrected chi connectivity index (χ3v) is 4.24. The molecule has 0 radical (unpaired) electrons. The molecule has 2 aromatic heterocycles. The van der Waals surface area contributed by atoms with Crippen molar-refractivity contribution >= 4 is 11.0 Å². The van der Waals surface area contributed by atoms with Crippen molar-refractivity contribution in [1.82, 2.24) is 14.5 Å². The largest absolute Gasteiger partial charge is 0.324 e. The zero-order valence-electron chi connectivity index (χ0n) is 11.6. The third kappa shape index (κ3) is 1.61. The van der Waals surface area contributed by atoms with Crippen molar-refractivity contribution in [2.45, 2.75) is 32.2 Å². The number of hydrogen-bond acceptors (Lipinski definition) is 2. The molecule has 2 heterocycles. The van der Waals surface area contributed by atoms with Gasteiger partial charge in [0.05, 0.1) is 11.0 Å². The molecule has 1 unspecified atom stereocenters. The number of para-hydroxylation sites is 2. The topological polar surface area (TPSA) is 59.6 Å². The van der Waals surface area contributed by atoms with Crippen LogP contribution in [0.2, 0.25) is 0 Å². The molecule has 1 aliphatic rings. The minimum Gasteiger partial charge on any atom is -0.324 e. The van der Waals surface area contributed by atoms with Gasteiger partial charge in [-0.3, -0.25) is 4.57 Å². The highest BCUT2D eigenvalue weighted by Gasteiger charge is 2.23. The Morgan fingerprint density at radius 3 is 3.05 bits per heavy atom. The number of nitrogens with one attached hydrogen (secondary N) is 1. The second-order valence-electron chi connectivity index (χ2n) is 5.60. The molecule has 102 valence electrons. The molecule has 0 amide bonds. The molecule has 3 aromatic rings. The van der Waals surface area contributed by atoms with E-state index in [2.05, 4.69) is 28.6 Å². The zero-order chi connectivity index (χ0) is 13.7. The lowest BCUT2D eigenvalue weighted by molar-refractivity contribution is 0.558. The van der Waals surface area contributed by atoms with E-state index in [0.29, 0.717) is 0 Å². The number of aromatic amines is 1. The van der Waals surface area contributed by atoms with Crippen LogP contribution in [0.5, 0.6) is 0 Å². The molecule has 20 heavy (non-hydrogen) atoms. The third-order valence-electron chi connectivity index (χ3n) is 4.24. The summed E-state index contributed by atoms with van der Waals surface area (Å²) in [6, 6.07) is 10.5. The van der Waals surface area contributed by atoms with E-state index in [1.54, 1.807) is 0 Å². The summed E-state index contributed by atoms with van der Waals surface area (Å²) in [5.41, 5.74) is 12.1. The Morgan fingerprint density at radius 2 is 2.20 bits per heavy atom. The summed E-state index contributed by atoms with van der Waals surface area (Å²) < 4.78 is 2.23. The maximum atomic E-state index is 6.24. The van der Waals surface area contributed by atoms with Gasteiger partial charge in [0.1, 0.15) is 0 Å². The molecule has 1 aromatic carbocycles. The smallest absolute Gasteiger partial charge is 0.212 e. The van der Waals surface area contributed by atoms with Crippen molar-refractivity contribution in [1.29, 1.82) is 0 Å². The quantitative estimate of drug-likeness (QED) is 0.711. The van der Waals surface area contributed by atoms with Gasteiger partial charge in [-0.15, -0.1) is 0 Å². The minimum absolute atomic E-state index is 0.170. The Labute approximate surface area is 117 Å². The summed E-state index contributed by atoms with van der Waals surface area (Å²) in [6.07, 6.45) is 3.31. The van der Waals surface area contributed by atoms with Gasteiger partial charge in [-0.1, -0.05) is 12.1 Å². The molecular formula is C16H18N4. The second kappa shape index (κ2) is 4.21. The SMILES string of the molecule is Cc1cc2c(n1-c1nc3ccccc3[nH]1)CCCC2N. The number of imidazole rings is 1. The fraction of sp³-hybridized carbons (Fsp3) is 0.312. The molecule has 4 rings (SSSR count). The lowest BCUT2D eigenvalue weighted by Gasteiger charge is -2.20. The van der Waals surface area contributed by atoms with Gasteiger partial charge >= 0.3 is 0 Å². The van der Waals surface area contributed by atoms with Crippen LogP contribution in [0, 0.1) is 6.92 Å². The lowest BCUT2D eigenvalue weighted by Crippen LogP contribution is -2.18. The van der Waals surface area contributed by atoms with Crippen molar-refractivity contribution in [3.8, 4) is 5.95 Å². The number of hydrogen-bond donors (Lipinski definition) is 2. The van der Waals surface area contributed by atoms with Crippen LogP contribution in [0.3, 0.4) is 0 Å². The maximum absolute atomic E-state index is 6.24. The highest BCUT2D eigenvalue weighted by molar-refractivity contribution is 5.76. The van der Waals surface area contributed by atoms with Crippen LogP contribution in [0.15, 0.2) is 30.3 Å². The molecule has 3 N–H and O–H groups in total. The molecule has 0 bridgehead atoms. The normalized spacial score (nSPS) is 18.4. The number of H-pyrrole nitrogens is 1. The van der Waals surface area contributed by atoms with Crippen molar-refractivity contribution in [3.63, 3.8) is 0 Å². The standard InChI is InChI=1S/C16H18N4/c1-10-9-11-12(17)5-4-8-15(11)20(10)16-18-13-6-2-3-7-14(13)19-16/h2-3,6-7,9,12H,4-5,8,17H2,1H3,(H,18,19). The van der Waals surface area contributed by atoms with Crippen molar-refractivity contribution in [2.75, 3.05) is 0 Å². The summed E-state index contributed by atoms with van der Waals surface area (Å²) in [4.78, 5) is 8.13. The molecule has 0 aliphatic heterocycles. The van der Waals surface area contributed by atoms with Crippen molar-refractivity contribution < 1.29 is 0 Å². The average molecular weight is 266 g/mol. The summed E-state index contributed by atoms with van der Waals surface area (Å²) in [5.74, 6) is 0.902. The van der Waals surface area contributed by atoms with Gasteiger partial charge in [-0.2, -0.15) is 0 Å². The van der Waals surface area contributed by atoms with E-state index in [-0.39, 0.29) is 6.04 Å². The Morgan fingerprint density at radius 1 is 1.35 bits per heavy atom. The van der Waals surface area contributed by atoms with Gasteiger partial charge in [0.25, 0.3) is 0 Å². The Hall–Kier alpha value is -2.07. The number of aryl methyl sites for hydroxylation is 1. The van der Waals surface area contributed by atoms with E-state index in [1.807, 2.05) is 18.2 Å². The van der Waals surface area contributed by atoms with Crippen LogP contribution >= 0.6 is 0 Å². The monoisotopic (exact) mass is 266 g/mol. The number of nitrogens with two attached hydrogens (primary N) is 1. The van der Waals surface area contributed by atoms with Gasteiger partial charge in [-0.05, 0) is 49.9 Å². The molecular weight excluding hydrogens is 248 g/mol. The van der Waals surface area contributed by atoms with Crippen LogP contribution in [0.4, 0.5) is 0 Å². The molecule has 0 saturated carbocycles. The van der Waals surface area contributed by atoms with Crippen molar-refractivity contribution in [3.05, 3.63) is 47.3 Å². The van der Waals surface area contributed by atoms with E-state index in [0.717, 1.165) is 36.2 Å². The second-order valence-corrected chi connectivity index (χ2v) is 5.60. The van der Waals surface area contributed by atoms with E-state index < -0.39 is 0 Å². The predicted octanol–water partition coefficient (Wildman–Crippen LogP) is 3.00. The molecule has 0 spiro atoms. The first-order valence-electron chi connectivity index (χ1n) is 7.16. The highest BCUT2D eigenvalue weighted by Crippen LogP contribution is 2.32. The van der Waals surface area contributed by atoms with Crippen LogP contribution in [0.1, 0.15) is 35.8 Å². The summed E-state index contributed by atoms with van der Waals surface area (Å²) in [5, 5.41) is 0. The fourth-order valence-corrected chi connectivity index (χ4v) is 3.28. The Kier molecular flexibility index (Phi) is 2.47. The number of nitrogens with zero attached hydrogens (tertiary/aromatic N) is 2. The average Bonchev–Trinajstić information content (AvgIpc) is 2.99. The van der Waals surface area contributed by atoms with E-state index in [9.17, 15) is 0 Å². The minimum atomic E-state index is 0.170. The molecule has 4 nitrogen and oxygen atoms in total. The summed E-state index contributed by atoms with van der Waals surface area (Å²) >= 11 is 0. The molecule has 1 aliphatic carbocycles. The van der Waals surface area contributed by atoms with Crippen molar-refractivity contribution in [2.24, 2.45) is 5.73 Å². The first kappa shape index (κ1) is 11.7. The van der Waals surface area contributed by atoms with E-state index >= 15 is 0 Å². The predicted molar refractivity (Wildman–Crippen MR) is 80.0 cm³/mol. The highest BCUT2D eigenvalue weighted by atomic mass is 15.2. The lowest BCUT2D eigenvalue weighted by atomic mass is 9.93. The number of aromatic nitrogens is 3. The van der Waals surface area contributed by atoms with Gasteiger partial charge in [-0.25, -0.2) is 4.98 Å². The molecule has 4 heteroatoms. The van der Waals surface area contributed by atoms with E-state index in [4.69, 9.17) is 10.7 Å². The van der Waals surface area contributed by atoms with Crippen LogP contribution < -0.4 is 5.73 Å². The first-order chi connectivity index (χ1) is 9.74. The zero-order valence-corrected chi connectivity index (χ0v) is 11.6. The Bertz CT molecular complexity index is 748. The van der Waals surface area contributed by atoms with Gasteiger partial charge in [0.15, 0.2) is 0 Å². The van der Waals surface area contributed by atoms with Crippen LogP contribution in [0.25, 0.3) is 17.0 Å². The number of fused-ring (bicyclic) bond motifs is 2. The van der Waals surface area contributed by atoms with Crippen LogP contribution in [-0.4, -0.2) is 14.5 Å². The molecule has 1 atom stereocenters. The fourth-order valence-electron chi connectivity index (χ4n) is 3.28. The Balaban J connectivity index is 1.93. The molecule has 0 fully saturated rings. The van der Waals surface area contributed by atoms with E-state index in [1.165, 1.54) is 17.0 Å². The first-order valence-corrected chi connectivity index (χ1v) is 7.16. The number of benzene rings is 1. The summed E-state index contributed by atoms with van der Waals surface area (Å²) in [6.45, 7) is 2.12.